The predicted octanol–water partition coefficient (Wildman–Crippen LogP) is 3.75. The molecular formula is C16H25BrN2. The summed E-state index contributed by atoms with van der Waals surface area (Å²) in [4.78, 5) is 2.36. The summed E-state index contributed by atoms with van der Waals surface area (Å²) in [6.07, 6.45) is 3.93. The zero-order valence-electron chi connectivity index (χ0n) is 12.2. The number of benzene rings is 1. The van der Waals surface area contributed by atoms with Gasteiger partial charge in [-0.2, -0.15) is 0 Å². The first-order valence-corrected chi connectivity index (χ1v) is 8.00. The van der Waals surface area contributed by atoms with Gasteiger partial charge in [0.05, 0.1) is 0 Å². The number of rotatable bonds is 4. The Morgan fingerprint density at radius 3 is 2.84 bits per heavy atom. The molecule has 1 fully saturated rings. The highest BCUT2D eigenvalue weighted by molar-refractivity contribution is 9.10. The van der Waals surface area contributed by atoms with Crippen molar-refractivity contribution in [2.75, 3.05) is 27.2 Å². The monoisotopic (exact) mass is 324 g/mol. The first kappa shape index (κ1) is 15.0. The minimum absolute atomic E-state index is 0.516. The average Bonchev–Trinajstić information content (AvgIpc) is 2.40. The fourth-order valence-electron chi connectivity index (χ4n) is 3.03. The predicted molar refractivity (Wildman–Crippen MR) is 85.5 cm³/mol. The van der Waals surface area contributed by atoms with Gasteiger partial charge in [0, 0.05) is 10.5 Å². The van der Waals surface area contributed by atoms with E-state index >= 15 is 0 Å². The van der Waals surface area contributed by atoms with E-state index in [2.05, 4.69) is 65.4 Å². The lowest BCUT2D eigenvalue weighted by Gasteiger charge is -2.32. The van der Waals surface area contributed by atoms with Crippen LogP contribution in [-0.4, -0.2) is 32.1 Å². The van der Waals surface area contributed by atoms with E-state index < -0.39 is 0 Å². The van der Waals surface area contributed by atoms with Gasteiger partial charge < -0.3 is 10.2 Å². The Balaban J connectivity index is 2.16. The van der Waals surface area contributed by atoms with Crippen LogP contribution in [-0.2, 0) is 0 Å². The second-order valence-electron chi connectivity index (χ2n) is 5.93. The molecule has 2 nitrogen and oxygen atoms in total. The van der Waals surface area contributed by atoms with Gasteiger partial charge in [-0.25, -0.2) is 0 Å². The fourth-order valence-corrected chi connectivity index (χ4v) is 3.41. The highest BCUT2D eigenvalue weighted by Gasteiger charge is 2.22. The molecular weight excluding hydrogens is 300 g/mol. The van der Waals surface area contributed by atoms with E-state index in [1.807, 2.05) is 0 Å². The summed E-state index contributed by atoms with van der Waals surface area (Å²) >= 11 is 3.61. The molecule has 0 aromatic heterocycles. The highest BCUT2D eigenvalue weighted by atomic mass is 79.9. The van der Waals surface area contributed by atoms with E-state index in [0.29, 0.717) is 6.04 Å². The van der Waals surface area contributed by atoms with Crippen molar-refractivity contribution >= 4 is 15.9 Å². The van der Waals surface area contributed by atoms with Crippen molar-refractivity contribution in [1.82, 2.24) is 10.2 Å². The summed E-state index contributed by atoms with van der Waals surface area (Å²) in [5.41, 5.74) is 2.86. The number of hydrogen-bond acceptors (Lipinski definition) is 2. The summed E-state index contributed by atoms with van der Waals surface area (Å²) in [6.45, 7) is 4.59. The van der Waals surface area contributed by atoms with Gasteiger partial charge in [-0.15, -0.1) is 0 Å². The molecule has 1 aromatic carbocycles. The summed E-state index contributed by atoms with van der Waals surface area (Å²) < 4.78 is 1.18. The molecule has 19 heavy (non-hydrogen) atoms. The number of nitrogens with one attached hydrogen (secondary N) is 1. The topological polar surface area (TPSA) is 15.3 Å². The maximum absolute atomic E-state index is 3.61. The summed E-state index contributed by atoms with van der Waals surface area (Å²) in [5, 5.41) is 3.53. The molecule has 1 aliphatic rings. The highest BCUT2D eigenvalue weighted by Crippen LogP contribution is 2.32. The second-order valence-corrected chi connectivity index (χ2v) is 6.84. The third-order valence-corrected chi connectivity index (χ3v) is 4.67. The van der Waals surface area contributed by atoms with Crippen LogP contribution < -0.4 is 5.32 Å². The largest absolute Gasteiger partial charge is 0.316 e. The lowest BCUT2D eigenvalue weighted by Crippen LogP contribution is -2.33. The van der Waals surface area contributed by atoms with E-state index in [-0.39, 0.29) is 0 Å². The van der Waals surface area contributed by atoms with Gasteiger partial charge in [-0.05, 0) is 82.5 Å². The van der Waals surface area contributed by atoms with Gasteiger partial charge in [-0.1, -0.05) is 22.0 Å². The third kappa shape index (κ3) is 4.04. The zero-order chi connectivity index (χ0) is 13.8. The van der Waals surface area contributed by atoms with Crippen LogP contribution >= 0.6 is 15.9 Å². The molecule has 3 heteroatoms. The quantitative estimate of drug-likeness (QED) is 0.907. The third-order valence-electron chi connectivity index (χ3n) is 4.18. The standard InChI is InChI=1S/C16H25BrN2/c1-12-6-7-14(17)10-15(12)16(19(2)3)9-13-5-4-8-18-11-13/h6-7,10,13,16,18H,4-5,8-9,11H2,1-3H3. The summed E-state index contributed by atoms with van der Waals surface area (Å²) in [6, 6.07) is 7.15. The van der Waals surface area contributed by atoms with Gasteiger partial charge in [0.25, 0.3) is 0 Å². The molecule has 2 unspecified atom stereocenters. The lowest BCUT2D eigenvalue weighted by molar-refractivity contribution is 0.225. The van der Waals surface area contributed by atoms with Gasteiger partial charge in [-0.3, -0.25) is 0 Å². The van der Waals surface area contributed by atoms with Crippen molar-refractivity contribution in [2.45, 2.75) is 32.2 Å². The molecule has 0 radical (unpaired) electrons. The van der Waals surface area contributed by atoms with E-state index in [1.165, 1.54) is 48.0 Å². The molecule has 0 amide bonds. The molecule has 0 saturated carbocycles. The number of nitrogens with zero attached hydrogens (tertiary/aromatic N) is 1. The molecule has 1 heterocycles. The van der Waals surface area contributed by atoms with Crippen molar-refractivity contribution in [1.29, 1.82) is 0 Å². The maximum Gasteiger partial charge on any atom is 0.0348 e. The Hall–Kier alpha value is -0.380. The van der Waals surface area contributed by atoms with Crippen LogP contribution in [0.15, 0.2) is 22.7 Å². The smallest absolute Gasteiger partial charge is 0.0348 e. The van der Waals surface area contributed by atoms with E-state index in [1.54, 1.807) is 0 Å². The molecule has 2 rings (SSSR count). The molecule has 1 aliphatic heterocycles. The van der Waals surface area contributed by atoms with Crippen molar-refractivity contribution in [3.05, 3.63) is 33.8 Å². The van der Waals surface area contributed by atoms with Crippen molar-refractivity contribution in [2.24, 2.45) is 5.92 Å². The number of aryl methyl sites for hydroxylation is 1. The van der Waals surface area contributed by atoms with E-state index in [9.17, 15) is 0 Å². The molecule has 2 atom stereocenters. The van der Waals surface area contributed by atoms with Crippen LogP contribution in [0.2, 0.25) is 0 Å². The molecule has 1 saturated heterocycles. The minimum atomic E-state index is 0.516. The van der Waals surface area contributed by atoms with Crippen LogP contribution in [0.1, 0.15) is 36.4 Å². The molecule has 0 bridgehead atoms. The lowest BCUT2D eigenvalue weighted by atomic mass is 9.87. The summed E-state index contributed by atoms with van der Waals surface area (Å²) in [5.74, 6) is 0.805. The molecule has 0 aliphatic carbocycles. The van der Waals surface area contributed by atoms with Crippen LogP contribution in [0.4, 0.5) is 0 Å². The average molecular weight is 325 g/mol. The van der Waals surface area contributed by atoms with E-state index in [4.69, 9.17) is 0 Å². The Kier molecular flexibility index (Phi) is 5.43. The Bertz CT molecular complexity index is 411. The van der Waals surface area contributed by atoms with Crippen LogP contribution in [0.3, 0.4) is 0 Å². The normalized spacial score (nSPS) is 21.6. The molecule has 1 aromatic rings. The van der Waals surface area contributed by atoms with Crippen LogP contribution in [0.25, 0.3) is 0 Å². The van der Waals surface area contributed by atoms with Crippen molar-refractivity contribution in [3.8, 4) is 0 Å². The number of piperidine rings is 1. The number of hydrogen-bond donors (Lipinski definition) is 1. The minimum Gasteiger partial charge on any atom is -0.316 e. The van der Waals surface area contributed by atoms with Gasteiger partial charge >= 0.3 is 0 Å². The second kappa shape index (κ2) is 6.87. The van der Waals surface area contributed by atoms with Crippen LogP contribution in [0.5, 0.6) is 0 Å². The van der Waals surface area contributed by atoms with Crippen LogP contribution in [0, 0.1) is 12.8 Å². The van der Waals surface area contributed by atoms with Gasteiger partial charge in [0.1, 0.15) is 0 Å². The zero-order valence-corrected chi connectivity index (χ0v) is 13.8. The number of halogens is 1. The Morgan fingerprint density at radius 1 is 1.42 bits per heavy atom. The van der Waals surface area contributed by atoms with Crippen molar-refractivity contribution in [3.63, 3.8) is 0 Å². The Morgan fingerprint density at radius 2 is 2.21 bits per heavy atom. The first-order valence-electron chi connectivity index (χ1n) is 7.21. The van der Waals surface area contributed by atoms with Gasteiger partial charge in [0.2, 0.25) is 0 Å². The molecule has 1 N–H and O–H groups in total. The fraction of sp³-hybridized carbons (Fsp3) is 0.625. The SMILES string of the molecule is Cc1ccc(Br)cc1C(CC1CCCNC1)N(C)C. The van der Waals surface area contributed by atoms with Gasteiger partial charge in [0.15, 0.2) is 0 Å². The molecule has 106 valence electrons. The first-order chi connectivity index (χ1) is 9.08. The summed E-state index contributed by atoms with van der Waals surface area (Å²) in [7, 11) is 4.39. The maximum atomic E-state index is 3.61. The Labute approximate surface area is 125 Å². The molecule has 0 spiro atoms. The van der Waals surface area contributed by atoms with E-state index in [0.717, 1.165) is 5.92 Å². The van der Waals surface area contributed by atoms with Crippen molar-refractivity contribution < 1.29 is 0 Å².